The second-order valence-corrected chi connectivity index (χ2v) is 4.39. The lowest BCUT2D eigenvalue weighted by Gasteiger charge is -2.09. The molecule has 0 radical (unpaired) electrons. The van der Waals surface area contributed by atoms with E-state index in [1.165, 1.54) is 5.69 Å². The molecule has 0 saturated carbocycles. The molecule has 2 aromatic heterocycles. The third kappa shape index (κ3) is 1.98. The molecule has 0 aromatic carbocycles. The number of aromatic nitrogens is 2. The van der Waals surface area contributed by atoms with Gasteiger partial charge in [-0.2, -0.15) is 0 Å². The van der Waals surface area contributed by atoms with Crippen molar-refractivity contribution in [2.75, 3.05) is 14.1 Å². The fourth-order valence-corrected chi connectivity index (χ4v) is 1.83. The first-order valence-electron chi connectivity index (χ1n) is 4.86. The highest BCUT2D eigenvalue weighted by Crippen LogP contribution is 2.17. The van der Waals surface area contributed by atoms with Crippen molar-refractivity contribution in [1.29, 1.82) is 0 Å². The number of hydrogen-bond donors (Lipinski definition) is 0. The van der Waals surface area contributed by atoms with Crippen molar-refractivity contribution < 1.29 is 0 Å². The number of pyridine rings is 1. The zero-order chi connectivity index (χ0) is 11.0. The van der Waals surface area contributed by atoms with Gasteiger partial charge in [-0.3, -0.25) is 0 Å². The Morgan fingerprint density at radius 3 is 2.87 bits per heavy atom. The minimum Gasteiger partial charge on any atom is -0.304 e. The van der Waals surface area contributed by atoms with Gasteiger partial charge in [-0.05, 0) is 27.1 Å². The van der Waals surface area contributed by atoms with Gasteiger partial charge in [-0.25, -0.2) is 4.98 Å². The van der Waals surface area contributed by atoms with Crippen LogP contribution in [0.3, 0.4) is 0 Å². The zero-order valence-corrected chi connectivity index (χ0v) is 9.91. The Bertz CT molecular complexity index is 488. The highest BCUT2D eigenvalue weighted by molar-refractivity contribution is 6.30. The lowest BCUT2D eigenvalue weighted by atomic mass is 10.3. The number of rotatable bonds is 2. The SMILES string of the molecule is Cc1nc2cc(Cl)ccn2c1CN(C)C. The summed E-state index contributed by atoms with van der Waals surface area (Å²) >= 11 is 5.92. The van der Waals surface area contributed by atoms with E-state index in [1.54, 1.807) is 0 Å². The van der Waals surface area contributed by atoms with Gasteiger partial charge in [-0.1, -0.05) is 11.6 Å². The van der Waals surface area contributed by atoms with Crippen LogP contribution in [0.5, 0.6) is 0 Å². The van der Waals surface area contributed by atoms with Gasteiger partial charge < -0.3 is 9.30 Å². The van der Waals surface area contributed by atoms with Crippen molar-refractivity contribution in [1.82, 2.24) is 14.3 Å². The number of halogens is 1. The van der Waals surface area contributed by atoms with Crippen molar-refractivity contribution >= 4 is 17.2 Å². The fraction of sp³-hybridized carbons (Fsp3) is 0.364. The molecule has 15 heavy (non-hydrogen) atoms. The highest BCUT2D eigenvalue weighted by atomic mass is 35.5. The van der Waals surface area contributed by atoms with E-state index < -0.39 is 0 Å². The third-order valence-corrected chi connectivity index (χ3v) is 2.59. The molecule has 0 amide bonds. The monoisotopic (exact) mass is 223 g/mol. The van der Waals surface area contributed by atoms with E-state index in [0.717, 1.165) is 22.9 Å². The maximum absolute atomic E-state index is 5.92. The van der Waals surface area contributed by atoms with Crippen molar-refractivity contribution in [3.63, 3.8) is 0 Å². The average Bonchev–Trinajstić information content (AvgIpc) is 2.41. The number of nitrogens with zero attached hydrogens (tertiary/aromatic N) is 3. The molecule has 0 spiro atoms. The lowest BCUT2D eigenvalue weighted by Crippen LogP contribution is -2.13. The van der Waals surface area contributed by atoms with Gasteiger partial charge in [0.2, 0.25) is 0 Å². The van der Waals surface area contributed by atoms with Crippen LogP contribution in [0.4, 0.5) is 0 Å². The van der Waals surface area contributed by atoms with Crippen LogP contribution in [0.2, 0.25) is 5.02 Å². The number of fused-ring (bicyclic) bond motifs is 1. The summed E-state index contributed by atoms with van der Waals surface area (Å²) in [6.45, 7) is 2.91. The maximum atomic E-state index is 5.92. The Morgan fingerprint density at radius 1 is 1.47 bits per heavy atom. The second-order valence-electron chi connectivity index (χ2n) is 3.95. The van der Waals surface area contributed by atoms with Crippen molar-refractivity contribution in [2.24, 2.45) is 0 Å². The number of imidazole rings is 1. The minimum atomic E-state index is 0.726. The van der Waals surface area contributed by atoms with Crippen LogP contribution in [0, 0.1) is 6.92 Å². The molecule has 2 heterocycles. The average molecular weight is 224 g/mol. The molecule has 80 valence electrons. The summed E-state index contributed by atoms with van der Waals surface area (Å²) in [7, 11) is 4.10. The third-order valence-electron chi connectivity index (χ3n) is 2.35. The van der Waals surface area contributed by atoms with E-state index in [9.17, 15) is 0 Å². The van der Waals surface area contributed by atoms with Crippen LogP contribution in [0.25, 0.3) is 5.65 Å². The summed E-state index contributed by atoms with van der Waals surface area (Å²) in [6.07, 6.45) is 1.97. The molecular formula is C11H14ClN3. The van der Waals surface area contributed by atoms with E-state index in [1.807, 2.05) is 25.3 Å². The predicted octanol–water partition coefficient (Wildman–Crippen LogP) is 2.36. The first kappa shape index (κ1) is 10.5. The molecule has 0 N–H and O–H groups in total. The number of aryl methyl sites for hydroxylation is 1. The lowest BCUT2D eigenvalue weighted by molar-refractivity contribution is 0.394. The van der Waals surface area contributed by atoms with Crippen LogP contribution in [0.1, 0.15) is 11.4 Å². The molecule has 0 saturated heterocycles. The standard InChI is InChI=1S/C11H14ClN3/c1-8-10(7-14(2)3)15-5-4-9(12)6-11(15)13-8/h4-6H,7H2,1-3H3. The van der Waals surface area contributed by atoms with Crippen LogP contribution in [0.15, 0.2) is 18.3 Å². The smallest absolute Gasteiger partial charge is 0.138 e. The summed E-state index contributed by atoms with van der Waals surface area (Å²) in [5, 5.41) is 0.726. The molecule has 0 atom stereocenters. The van der Waals surface area contributed by atoms with Gasteiger partial charge >= 0.3 is 0 Å². The van der Waals surface area contributed by atoms with Gasteiger partial charge in [0.15, 0.2) is 0 Å². The summed E-state index contributed by atoms with van der Waals surface area (Å²) < 4.78 is 2.08. The molecule has 2 rings (SSSR count). The first-order chi connectivity index (χ1) is 7.08. The van der Waals surface area contributed by atoms with Gasteiger partial charge in [0.25, 0.3) is 0 Å². The second kappa shape index (κ2) is 3.83. The molecule has 0 aliphatic rings. The van der Waals surface area contributed by atoms with E-state index in [-0.39, 0.29) is 0 Å². The summed E-state index contributed by atoms with van der Waals surface area (Å²) in [6, 6.07) is 3.77. The summed E-state index contributed by atoms with van der Waals surface area (Å²) in [4.78, 5) is 6.61. The van der Waals surface area contributed by atoms with E-state index in [4.69, 9.17) is 11.6 Å². The largest absolute Gasteiger partial charge is 0.304 e. The summed E-state index contributed by atoms with van der Waals surface area (Å²) in [5.41, 5.74) is 3.19. The molecule has 0 unspecified atom stereocenters. The zero-order valence-electron chi connectivity index (χ0n) is 9.16. The Hall–Kier alpha value is -1.06. The van der Waals surface area contributed by atoms with Crippen molar-refractivity contribution in [2.45, 2.75) is 13.5 Å². The van der Waals surface area contributed by atoms with Crippen molar-refractivity contribution in [3.8, 4) is 0 Å². The molecule has 2 aromatic rings. The Labute approximate surface area is 94.3 Å². The molecule has 0 aliphatic carbocycles. The molecule has 3 nitrogen and oxygen atoms in total. The van der Waals surface area contributed by atoms with Crippen LogP contribution in [-0.4, -0.2) is 28.4 Å². The fourth-order valence-electron chi connectivity index (χ4n) is 1.68. The number of hydrogen-bond acceptors (Lipinski definition) is 2. The Kier molecular flexibility index (Phi) is 2.67. The normalized spacial score (nSPS) is 11.5. The van der Waals surface area contributed by atoms with E-state index in [0.29, 0.717) is 0 Å². The van der Waals surface area contributed by atoms with Gasteiger partial charge in [-0.15, -0.1) is 0 Å². The molecule has 0 bridgehead atoms. The topological polar surface area (TPSA) is 20.5 Å². The molecule has 4 heteroatoms. The predicted molar refractivity (Wildman–Crippen MR) is 62.3 cm³/mol. The maximum Gasteiger partial charge on any atom is 0.138 e. The molecule has 0 aliphatic heterocycles. The van der Waals surface area contributed by atoms with Crippen LogP contribution in [-0.2, 0) is 6.54 Å². The minimum absolute atomic E-state index is 0.726. The first-order valence-corrected chi connectivity index (χ1v) is 5.23. The van der Waals surface area contributed by atoms with Gasteiger partial charge in [0.1, 0.15) is 5.65 Å². The van der Waals surface area contributed by atoms with Crippen LogP contribution >= 0.6 is 11.6 Å². The summed E-state index contributed by atoms with van der Waals surface area (Å²) in [5.74, 6) is 0. The Morgan fingerprint density at radius 2 is 2.20 bits per heavy atom. The van der Waals surface area contributed by atoms with Crippen molar-refractivity contribution in [3.05, 3.63) is 34.7 Å². The van der Waals surface area contributed by atoms with E-state index >= 15 is 0 Å². The Balaban J connectivity index is 2.58. The van der Waals surface area contributed by atoms with Crippen LogP contribution < -0.4 is 0 Å². The highest BCUT2D eigenvalue weighted by Gasteiger charge is 2.09. The van der Waals surface area contributed by atoms with Gasteiger partial charge in [0, 0.05) is 23.8 Å². The molecular weight excluding hydrogens is 210 g/mol. The quantitative estimate of drug-likeness (QED) is 0.779. The van der Waals surface area contributed by atoms with Gasteiger partial charge in [0.05, 0.1) is 11.4 Å². The molecule has 0 fully saturated rings. The van der Waals surface area contributed by atoms with E-state index in [2.05, 4.69) is 28.4 Å².